The maximum atomic E-state index is 12.3. The number of carbonyl (C=O) groups is 1. The van der Waals surface area contributed by atoms with E-state index in [1.807, 2.05) is 0 Å². The number of carboxylic acids is 1. The summed E-state index contributed by atoms with van der Waals surface area (Å²) in [6.45, 7) is -0.198. The molecule has 0 aliphatic carbocycles. The molecule has 2 aliphatic rings. The van der Waals surface area contributed by atoms with E-state index in [0.717, 1.165) is 0 Å². The number of H-pyrrole nitrogens is 1. The molecule has 2 aromatic rings. The zero-order valence-electron chi connectivity index (χ0n) is 14.6. The van der Waals surface area contributed by atoms with E-state index in [1.54, 1.807) is 0 Å². The quantitative estimate of drug-likeness (QED) is 0.316. The number of imidazole rings is 1. The Bertz CT molecular complexity index is 974. The normalized spacial score (nSPS) is 30.4. The average molecular weight is 396 g/mol. The van der Waals surface area contributed by atoms with Crippen LogP contribution in [0.2, 0.25) is 0 Å². The SMILES string of the molecule is Nc1nc2c(nc(N3CCCC3C(=O)O)n2[C@@H]2O[C@H](CO)[C@@H](O)[C@H]2O)c(=O)[nH]1. The molecular weight excluding hydrogens is 376 g/mol. The van der Waals surface area contributed by atoms with Gasteiger partial charge in [-0.05, 0) is 12.8 Å². The molecule has 2 saturated heterocycles. The molecule has 0 saturated carbocycles. The lowest BCUT2D eigenvalue weighted by atomic mass is 10.1. The third kappa shape index (κ3) is 2.71. The zero-order valence-corrected chi connectivity index (χ0v) is 14.6. The Labute approximate surface area is 157 Å². The predicted molar refractivity (Wildman–Crippen MR) is 93.6 cm³/mol. The van der Waals surface area contributed by atoms with Gasteiger partial charge in [0.05, 0.1) is 6.61 Å². The van der Waals surface area contributed by atoms with Gasteiger partial charge in [0.2, 0.25) is 11.9 Å². The maximum absolute atomic E-state index is 12.3. The number of ether oxygens (including phenoxy) is 1. The van der Waals surface area contributed by atoms with E-state index in [1.165, 1.54) is 9.47 Å². The highest BCUT2D eigenvalue weighted by Gasteiger charge is 2.46. The number of aromatic amines is 1. The van der Waals surface area contributed by atoms with Crippen molar-refractivity contribution in [3.63, 3.8) is 0 Å². The highest BCUT2D eigenvalue weighted by Crippen LogP contribution is 2.36. The lowest BCUT2D eigenvalue weighted by Crippen LogP contribution is -2.39. The Hall–Kier alpha value is -2.74. The van der Waals surface area contributed by atoms with E-state index in [2.05, 4.69) is 15.0 Å². The second-order valence-electron chi connectivity index (χ2n) is 6.82. The van der Waals surface area contributed by atoms with Crippen molar-refractivity contribution in [1.29, 1.82) is 0 Å². The number of anilines is 2. The minimum atomic E-state index is -1.47. The molecule has 0 radical (unpaired) electrons. The van der Waals surface area contributed by atoms with Crippen molar-refractivity contribution in [3.8, 4) is 0 Å². The molecular formula is C15H20N6O7. The third-order valence-electron chi connectivity index (χ3n) is 5.12. The monoisotopic (exact) mass is 396 g/mol. The fraction of sp³-hybridized carbons (Fsp3) is 0.600. The van der Waals surface area contributed by atoms with Crippen LogP contribution in [-0.2, 0) is 9.53 Å². The first-order valence-electron chi connectivity index (χ1n) is 8.73. The molecule has 2 aliphatic heterocycles. The topological polar surface area (TPSA) is 200 Å². The Morgan fingerprint density at radius 3 is 2.71 bits per heavy atom. The zero-order chi connectivity index (χ0) is 20.2. The first-order valence-corrected chi connectivity index (χ1v) is 8.73. The molecule has 5 atom stereocenters. The fourth-order valence-corrected chi connectivity index (χ4v) is 3.78. The maximum Gasteiger partial charge on any atom is 0.326 e. The molecule has 1 unspecified atom stereocenters. The van der Waals surface area contributed by atoms with E-state index in [-0.39, 0.29) is 23.1 Å². The van der Waals surface area contributed by atoms with Gasteiger partial charge in [-0.15, -0.1) is 0 Å². The summed E-state index contributed by atoms with van der Waals surface area (Å²) in [6.07, 6.45) is -4.23. The molecule has 7 N–H and O–H groups in total. The largest absolute Gasteiger partial charge is 0.480 e. The second-order valence-corrected chi connectivity index (χ2v) is 6.82. The minimum absolute atomic E-state index is 0.0258. The van der Waals surface area contributed by atoms with Crippen LogP contribution < -0.4 is 16.2 Å². The summed E-state index contributed by atoms with van der Waals surface area (Å²) in [7, 11) is 0. The van der Waals surface area contributed by atoms with Gasteiger partial charge in [-0.1, -0.05) is 0 Å². The number of aliphatic hydroxyl groups excluding tert-OH is 3. The van der Waals surface area contributed by atoms with Crippen molar-refractivity contribution in [3.05, 3.63) is 10.4 Å². The van der Waals surface area contributed by atoms with Crippen molar-refractivity contribution in [2.24, 2.45) is 0 Å². The highest BCUT2D eigenvalue weighted by molar-refractivity contribution is 5.81. The van der Waals surface area contributed by atoms with Crippen molar-refractivity contribution in [2.75, 3.05) is 23.8 Å². The average Bonchev–Trinajstić information content (AvgIpc) is 3.32. The second kappa shape index (κ2) is 6.70. The predicted octanol–water partition coefficient (Wildman–Crippen LogP) is -2.63. The lowest BCUT2D eigenvalue weighted by molar-refractivity contribution is -0.138. The number of nitrogens with zero attached hydrogens (tertiary/aromatic N) is 4. The molecule has 4 rings (SSSR count). The number of hydrogen-bond donors (Lipinski definition) is 6. The molecule has 28 heavy (non-hydrogen) atoms. The molecule has 0 aromatic carbocycles. The summed E-state index contributed by atoms with van der Waals surface area (Å²) in [5.41, 5.74) is 4.86. The van der Waals surface area contributed by atoms with Crippen LogP contribution in [0.3, 0.4) is 0 Å². The first-order chi connectivity index (χ1) is 13.3. The summed E-state index contributed by atoms with van der Waals surface area (Å²) in [5.74, 6) is -1.20. The van der Waals surface area contributed by atoms with Crippen LogP contribution in [0.25, 0.3) is 11.2 Å². The number of nitrogen functional groups attached to an aromatic ring is 1. The third-order valence-corrected chi connectivity index (χ3v) is 5.12. The summed E-state index contributed by atoms with van der Waals surface area (Å²) >= 11 is 0. The number of rotatable bonds is 4. The van der Waals surface area contributed by atoms with Crippen LogP contribution in [-0.4, -0.2) is 83.4 Å². The molecule has 13 nitrogen and oxygen atoms in total. The lowest BCUT2D eigenvalue weighted by Gasteiger charge is -2.26. The number of carboxylic acid groups (broad SMARTS) is 1. The first kappa shape index (κ1) is 18.6. The van der Waals surface area contributed by atoms with Gasteiger partial charge in [0.1, 0.15) is 24.4 Å². The number of aromatic nitrogens is 4. The van der Waals surface area contributed by atoms with Crippen molar-refractivity contribution >= 4 is 29.0 Å². The van der Waals surface area contributed by atoms with Gasteiger partial charge >= 0.3 is 5.97 Å². The molecule has 2 fully saturated rings. The van der Waals surface area contributed by atoms with Crippen LogP contribution in [0.1, 0.15) is 19.1 Å². The number of aliphatic hydroxyl groups is 3. The Morgan fingerprint density at radius 2 is 2.07 bits per heavy atom. The molecule has 2 aromatic heterocycles. The number of nitrogens with two attached hydrogens (primary N) is 1. The molecule has 4 heterocycles. The minimum Gasteiger partial charge on any atom is -0.480 e. The number of aliphatic carboxylic acids is 1. The van der Waals surface area contributed by atoms with E-state index in [4.69, 9.17) is 10.5 Å². The molecule has 152 valence electrons. The summed E-state index contributed by atoms with van der Waals surface area (Å²) in [4.78, 5) is 36.0. The van der Waals surface area contributed by atoms with Crippen LogP contribution in [0.5, 0.6) is 0 Å². The van der Waals surface area contributed by atoms with Gasteiger partial charge in [-0.25, -0.2) is 9.78 Å². The molecule has 13 heteroatoms. The van der Waals surface area contributed by atoms with Crippen molar-refractivity contribution in [2.45, 2.75) is 43.4 Å². The van der Waals surface area contributed by atoms with Gasteiger partial charge in [0.15, 0.2) is 17.4 Å². The van der Waals surface area contributed by atoms with Gasteiger partial charge in [0.25, 0.3) is 5.56 Å². The van der Waals surface area contributed by atoms with Crippen LogP contribution >= 0.6 is 0 Å². The van der Waals surface area contributed by atoms with Gasteiger partial charge < -0.3 is 35.8 Å². The standard InChI is InChI=1S/C15H20N6O7/c16-14-18-10-7(11(25)19-14)17-15(20-3-1-2-5(20)13(26)27)21(10)12-9(24)8(23)6(4-22)28-12/h5-6,8-9,12,22-24H,1-4H2,(H,26,27)(H3,16,18,19,25)/t5?,6-,8-,9-,12-/m1/s1. The van der Waals surface area contributed by atoms with Gasteiger partial charge in [-0.2, -0.15) is 4.98 Å². The van der Waals surface area contributed by atoms with Crippen molar-refractivity contribution in [1.82, 2.24) is 19.5 Å². The van der Waals surface area contributed by atoms with Crippen LogP contribution in [0.4, 0.5) is 11.9 Å². The van der Waals surface area contributed by atoms with E-state index < -0.39 is 48.7 Å². The summed E-state index contributed by atoms with van der Waals surface area (Å²) in [6, 6.07) is -0.885. The van der Waals surface area contributed by atoms with Gasteiger partial charge in [0, 0.05) is 6.54 Å². The number of fused-ring (bicyclic) bond motifs is 1. The number of nitrogens with one attached hydrogen (secondary N) is 1. The Kier molecular flexibility index (Phi) is 4.45. The summed E-state index contributed by atoms with van der Waals surface area (Å²) in [5, 5.41) is 39.5. The van der Waals surface area contributed by atoms with Gasteiger partial charge in [-0.3, -0.25) is 14.3 Å². The van der Waals surface area contributed by atoms with E-state index in [0.29, 0.717) is 19.4 Å². The van der Waals surface area contributed by atoms with E-state index >= 15 is 0 Å². The molecule has 0 spiro atoms. The van der Waals surface area contributed by atoms with E-state index in [9.17, 15) is 30.0 Å². The molecule has 0 amide bonds. The Balaban J connectivity index is 1.93. The highest BCUT2D eigenvalue weighted by atomic mass is 16.6. The molecule has 0 bridgehead atoms. The fourth-order valence-electron chi connectivity index (χ4n) is 3.78. The Morgan fingerprint density at radius 1 is 1.32 bits per heavy atom. The smallest absolute Gasteiger partial charge is 0.326 e. The van der Waals surface area contributed by atoms with Crippen LogP contribution in [0.15, 0.2) is 4.79 Å². The van der Waals surface area contributed by atoms with Crippen LogP contribution in [0, 0.1) is 0 Å². The number of hydrogen-bond acceptors (Lipinski definition) is 10. The summed E-state index contributed by atoms with van der Waals surface area (Å²) < 4.78 is 6.82. The van der Waals surface area contributed by atoms with Crippen molar-refractivity contribution < 1.29 is 30.0 Å².